The van der Waals surface area contributed by atoms with Gasteiger partial charge in [-0.3, -0.25) is 0 Å². The maximum Gasteiger partial charge on any atom is 0.158 e. The maximum atomic E-state index is 5.47. The molecule has 0 aromatic heterocycles. The first-order valence-corrected chi connectivity index (χ1v) is 6.60. The van der Waals surface area contributed by atoms with Gasteiger partial charge >= 0.3 is 0 Å². The standard InChI is InChI=1S/C9H14I2O2/c1-7(5-8(10)11)6-9-12-3-2-4-13-9/h5,7,9H,2-4,6H2,1H3. The van der Waals surface area contributed by atoms with Crippen molar-refractivity contribution in [1.82, 2.24) is 0 Å². The van der Waals surface area contributed by atoms with Crippen LogP contribution in [0.4, 0.5) is 0 Å². The van der Waals surface area contributed by atoms with Crippen molar-refractivity contribution in [2.75, 3.05) is 13.2 Å². The predicted molar refractivity (Wildman–Crippen MR) is 70.2 cm³/mol. The molecule has 0 saturated carbocycles. The molecule has 0 aliphatic carbocycles. The zero-order valence-corrected chi connectivity index (χ0v) is 11.9. The molecule has 1 rings (SSSR count). The lowest BCUT2D eigenvalue weighted by atomic mass is 10.1. The van der Waals surface area contributed by atoms with Crippen LogP contribution in [0.15, 0.2) is 7.66 Å². The molecule has 1 heterocycles. The van der Waals surface area contributed by atoms with Gasteiger partial charge in [0.15, 0.2) is 6.29 Å². The summed E-state index contributed by atoms with van der Waals surface area (Å²) < 4.78 is 12.3. The van der Waals surface area contributed by atoms with Crippen molar-refractivity contribution in [3.05, 3.63) is 7.66 Å². The van der Waals surface area contributed by atoms with Crippen LogP contribution in [0.1, 0.15) is 19.8 Å². The quantitative estimate of drug-likeness (QED) is 0.667. The van der Waals surface area contributed by atoms with Crippen LogP contribution in [0.2, 0.25) is 0 Å². The van der Waals surface area contributed by atoms with E-state index in [0.717, 1.165) is 26.1 Å². The van der Waals surface area contributed by atoms with E-state index in [9.17, 15) is 0 Å². The van der Waals surface area contributed by atoms with E-state index in [1.807, 2.05) is 0 Å². The number of ether oxygens (including phenoxy) is 2. The summed E-state index contributed by atoms with van der Waals surface area (Å²) in [5, 5.41) is 0. The van der Waals surface area contributed by atoms with Gasteiger partial charge in [0.1, 0.15) is 0 Å². The molecule has 1 fully saturated rings. The van der Waals surface area contributed by atoms with Crippen LogP contribution in [0.25, 0.3) is 0 Å². The highest BCUT2D eigenvalue weighted by molar-refractivity contribution is 14.2. The summed E-state index contributed by atoms with van der Waals surface area (Å²) in [5.74, 6) is 0.534. The van der Waals surface area contributed by atoms with E-state index in [1.54, 1.807) is 0 Å². The molecule has 0 bridgehead atoms. The topological polar surface area (TPSA) is 18.5 Å². The lowest BCUT2D eigenvalue weighted by Crippen LogP contribution is -2.26. The molecule has 1 atom stereocenters. The molecule has 1 aliphatic rings. The molecule has 0 aromatic rings. The molecule has 13 heavy (non-hydrogen) atoms. The Balaban J connectivity index is 2.26. The third-order valence-electron chi connectivity index (χ3n) is 1.87. The minimum absolute atomic E-state index is 0.0205. The molecule has 0 radical (unpaired) electrons. The van der Waals surface area contributed by atoms with Crippen molar-refractivity contribution < 1.29 is 9.47 Å². The fourth-order valence-corrected chi connectivity index (χ4v) is 2.49. The van der Waals surface area contributed by atoms with Gasteiger partial charge in [0.25, 0.3) is 0 Å². The summed E-state index contributed by atoms with van der Waals surface area (Å²) in [5.41, 5.74) is 0. The molecule has 0 aromatic carbocycles. The van der Waals surface area contributed by atoms with Crippen LogP contribution >= 0.6 is 45.2 Å². The number of rotatable bonds is 3. The Morgan fingerprint density at radius 1 is 1.46 bits per heavy atom. The van der Waals surface area contributed by atoms with E-state index >= 15 is 0 Å². The first-order chi connectivity index (χ1) is 6.18. The molecular formula is C9H14I2O2. The lowest BCUT2D eigenvalue weighted by molar-refractivity contribution is -0.184. The Morgan fingerprint density at radius 3 is 2.62 bits per heavy atom. The second kappa shape index (κ2) is 6.58. The largest absolute Gasteiger partial charge is 0.353 e. The van der Waals surface area contributed by atoms with Crippen molar-refractivity contribution in [2.45, 2.75) is 26.1 Å². The first kappa shape index (κ1) is 12.2. The van der Waals surface area contributed by atoms with Gasteiger partial charge < -0.3 is 9.47 Å². The van der Waals surface area contributed by atoms with Crippen LogP contribution in [-0.4, -0.2) is 19.5 Å². The number of halogens is 2. The molecule has 1 saturated heterocycles. The molecule has 1 unspecified atom stereocenters. The van der Waals surface area contributed by atoms with E-state index in [0.29, 0.717) is 5.92 Å². The van der Waals surface area contributed by atoms with Crippen molar-refractivity contribution in [1.29, 1.82) is 0 Å². The van der Waals surface area contributed by atoms with Gasteiger partial charge in [-0.15, -0.1) is 0 Å². The maximum absolute atomic E-state index is 5.47. The fourth-order valence-electron chi connectivity index (χ4n) is 1.26. The van der Waals surface area contributed by atoms with Gasteiger partial charge in [0.2, 0.25) is 0 Å². The molecule has 2 nitrogen and oxygen atoms in total. The second-order valence-corrected chi connectivity index (χ2v) is 7.58. The Bertz CT molecular complexity index is 172. The minimum Gasteiger partial charge on any atom is -0.353 e. The van der Waals surface area contributed by atoms with Gasteiger partial charge in [0, 0.05) is 8.01 Å². The van der Waals surface area contributed by atoms with Crippen LogP contribution in [0.5, 0.6) is 0 Å². The molecule has 0 spiro atoms. The summed E-state index contributed by atoms with van der Waals surface area (Å²) in [7, 11) is 0. The summed E-state index contributed by atoms with van der Waals surface area (Å²) in [6.45, 7) is 3.89. The van der Waals surface area contributed by atoms with Gasteiger partial charge in [0.05, 0.1) is 13.2 Å². The van der Waals surface area contributed by atoms with Crippen molar-refractivity contribution >= 4 is 45.2 Å². The normalized spacial score (nSPS) is 21.2. The number of hydrogen-bond acceptors (Lipinski definition) is 2. The third-order valence-corrected chi connectivity index (χ3v) is 2.59. The van der Waals surface area contributed by atoms with Gasteiger partial charge in [-0.25, -0.2) is 0 Å². The molecule has 76 valence electrons. The summed E-state index contributed by atoms with van der Waals surface area (Å²) in [4.78, 5) is 0. The molecule has 0 N–H and O–H groups in total. The van der Waals surface area contributed by atoms with E-state index in [-0.39, 0.29) is 6.29 Å². The van der Waals surface area contributed by atoms with Crippen molar-refractivity contribution in [3.63, 3.8) is 0 Å². The van der Waals surface area contributed by atoms with Crippen molar-refractivity contribution in [2.24, 2.45) is 5.92 Å². The highest BCUT2D eigenvalue weighted by Crippen LogP contribution is 2.22. The number of hydrogen-bond donors (Lipinski definition) is 0. The smallest absolute Gasteiger partial charge is 0.158 e. The summed E-state index contributed by atoms with van der Waals surface area (Å²) in [6, 6.07) is 0. The van der Waals surface area contributed by atoms with Crippen LogP contribution < -0.4 is 0 Å². The van der Waals surface area contributed by atoms with Gasteiger partial charge in [-0.1, -0.05) is 13.0 Å². The highest BCUT2D eigenvalue weighted by atomic mass is 127. The van der Waals surface area contributed by atoms with Gasteiger partial charge in [-0.05, 0) is 57.5 Å². The molecule has 4 heteroatoms. The van der Waals surface area contributed by atoms with Crippen molar-refractivity contribution in [3.8, 4) is 0 Å². The molecule has 1 aliphatic heterocycles. The monoisotopic (exact) mass is 408 g/mol. The summed E-state index contributed by atoms with van der Waals surface area (Å²) >= 11 is 4.64. The van der Waals surface area contributed by atoms with E-state index < -0.39 is 0 Å². The van der Waals surface area contributed by atoms with E-state index in [4.69, 9.17) is 9.47 Å². The highest BCUT2D eigenvalue weighted by Gasteiger charge is 2.16. The summed E-state index contributed by atoms with van der Waals surface area (Å²) in [6.07, 6.45) is 4.26. The Morgan fingerprint density at radius 2 is 2.08 bits per heavy atom. The van der Waals surface area contributed by atoms with E-state index in [2.05, 4.69) is 58.2 Å². The number of allylic oxidation sites excluding steroid dienone is 1. The Labute approximate surface area is 107 Å². The van der Waals surface area contributed by atoms with Crippen LogP contribution in [-0.2, 0) is 9.47 Å². The van der Waals surface area contributed by atoms with Gasteiger partial charge in [-0.2, -0.15) is 0 Å². The minimum atomic E-state index is 0.0205. The third kappa shape index (κ3) is 5.54. The van der Waals surface area contributed by atoms with Crippen LogP contribution in [0.3, 0.4) is 0 Å². The Kier molecular flexibility index (Phi) is 6.17. The Hall–Kier alpha value is 1.12. The average Bonchev–Trinajstić information content (AvgIpc) is 2.04. The van der Waals surface area contributed by atoms with Crippen LogP contribution in [0, 0.1) is 5.92 Å². The fraction of sp³-hybridized carbons (Fsp3) is 0.778. The zero-order chi connectivity index (χ0) is 9.68. The zero-order valence-electron chi connectivity index (χ0n) is 7.63. The average molecular weight is 408 g/mol. The first-order valence-electron chi connectivity index (χ1n) is 4.44. The predicted octanol–water partition coefficient (Wildman–Crippen LogP) is 3.49. The lowest BCUT2D eigenvalue weighted by Gasteiger charge is -2.24. The molecular weight excluding hydrogens is 394 g/mol. The second-order valence-electron chi connectivity index (χ2n) is 3.19. The molecule has 0 amide bonds. The van der Waals surface area contributed by atoms with E-state index in [1.165, 1.54) is 1.59 Å². The SMILES string of the molecule is CC(C=C(I)I)CC1OCCCO1.